The van der Waals surface area contributed by atoms with Gasteiger partial charge in [-0.1, -0.05) is 48.5 Å². The third-order valence-electron chi connectivity index (χ3n) is 2.16. The summed E-state index contributed by atoms with van der Waals surface area (Å²) >= 11 is 0. The van der Waals surface area contributed by atoms with Crippen molar-refractivity contribution in [3.63, 3.8) is 0 Å². The minimum atomic E-state index is 0.198. The summed E-state index contributed by atoms with van der Waals surface area (Å²) in [5.74, 6) is 0.328. The second-order valence-corrected chi connectivity index (χ2v) is 4.36. The highest BCUT2D eigenvalue weighted by Gasteiger charge is 2.00. The highest BCUT2D eigenvalue weighted by Crippen LogP contribution is 2.27. The van der Waals surface area contributed by atoms with Crippen molar-refractivity contribution in [2.45, 2.75) is 0 Å². The van der Waals surface area contributed by atoms with Crippen LogP contribution in [0.15, 0.2) is 54.6 Å². The van der Waals surface area contributed by atoms with Crippen LogP contribution in [0.3, 0.4) is 0 Å². The molecule has 0 aromatic heterocycles. The molecule has 2 radical (unpaired) electrons. The molecule has 0 saturated carbocycles. The molecule has 0 atom stereocenters. The van der Waals surface area contributed by atoms with Gasteiger partial charge in [-0.2, -0.15) is 0 Å². The van der Waals surface area contributed by atoms with Crippen molar-refractivity contribution in [3.05, 3.63) is 54.6 Å². The highest BCUT2D eigenvalue weighted by atomic mass is 28.3. The minimum Gasteiger partial charge on any atom is -0.507 e. The first-order valence-corrected chi connectivity index (χ1v) is 6.25. The van der Waals surface area contributed by atoms with E-state index in [0.717, 1.165) is 11.1 Å². The Balaban J connectivity index is 0.000000280. The van der Waals surface area contributed by atoms with E-state index >= 15 is 0 Å². The predicted molar refractivity (Wildman–Crippen MR) is 73.3 cm³/mol. The Labute approximate surface area is 110 Å². The van der Waals surface area contributed by atoms with Crippen LogP contribution in [0.1, 0.15) is 0 Å². The third kappa shape index (κ3) is 4.71. The molecule has 0 unspecified atom stereocenters. The van der Waals surface area contributed by atoms with E-state index in [9.17, 15) is 5.11 Å². The number of benzene rings is 2. The van der Waals surface area contributed by atoms with Crippen molar-refractivity contribution in [3.8, 4) is 16.9 Å². The Bertz CT molecular complexity index is 444. The molecule has 4 heteroatoms. The van der Waals surface area contributed by atoms with E-state index in [0.29, 0.717) is 5.75 Å². The number of para-hydroxylation sites is 1. The fourth-order valence-corrected chi connectivity index (χ4v) is 1.59. The molecule has 1 N–H and O–H groups in total. The monoisotopic (exact) mass is 260 g/mol. The van der Waals surface area contributed by atoms with Crippen molar-refractivity contribution in [1.82, 2.24) is 0 Å². The first kappa shape index (κ1) is 14.4. The van der Waals surface area contributed by atoms with E-state index < -0.39 is 0 Å². The second-order valence-electron chi connectivity index (χ2n) is 3.37. The van der Waals surface area contributed by atoms with Crippen LogP contribution in [0.5, 0.6) is 5.75 Å². The average Bonchev–Trinajstić information content (AvgIpc) is 2.42. The number of phenolic OH excluding ortho intramolecular Hbond substituents is 1. The molecule has 0 heterocycles. The molecule has 0 amide bonds. The molecule has 0 aliphatic carbocycles. The molecule has 3 nitrogen and oxygen atoms in total. The van der Waals surface area contributed by atoms with Crippen molar-refractivity contribution >= 4 is 10.0 Å². The summed E-state index contributed by atoms with van der Waals surface area (Å²) in [5.41, 5.74) is 1.92. The molecule has 94 valence electrons. The molecular weight excluding hydrogens is 244 g/mol. The predicted octanol–water partition coefficient (Wildman–Crippen LogP) is 2.87. The van der Waals surface area contributed by atoms with Crippen molar-refractivity contribution in [2.75, 3.05) is 14.2 Å². The molecule has 18 heavy (non-hydrogen) atoms. The van der Waals surface area contributed by atoms with E-state index in [1.807, 2.05) is 48.5 Å². The summed E-state index contributed by atoms with van der Waals surface area (Å²) < 4.78 is 8.99. The average molecular weight is 260 g/mol. The van der Waals surface area contributed by atoms with Crippen molar-refractivity contribution in [2.24, 2.45) is 0 Å². The largest absolute Gasteiger partial charge is 0.507 e. The maximum Gasteiger partial charge on any atom is 0.432 e. The van der Waals surface area contributed by atoms with E-state index in [-0.39, 0.29) is 10.0 Å². The zero-order chi connectivity index (χ0) is 13.2. The maximum absolute atomic E-state index is 9.56. The third-order valence-corrected chi connectivity index (χ3v) is 2.49. The van der Waals surface area contributed by atoms with Crippen LogP contribution >= 0.6 is 0 Å². The quantitative estimate of drug-likeness (QED) is 0.862. The van der Waals surface area contributed by atoms with Crippen LogP contribution in [0.25, 0.3) is 11.1 Å². The molecule has 0 bridgehead atoms. The minimum absolute atomic E-state index is 0.198. The Hall–Kier alpha value is -1.62. The summed E-state index contributed by atoms with van der Waals surface area (Å²) in [7, 11) is 3.40. The van der Waals surface area contributed by atoms with Gasteiger partial charge in [0.2, 0.25) is 0 Å². The molecule has 0 spiro atoms. The van der Waals surface area contributed by atoms with Crippen LogP contribution in [-0.2, 0) is 8.85 Å². The summed E-state index contributed by atoms with van der Waals surface area (Å²) in [6.45, 7) is 0. The standard InChI is InChI=1S/C12H10O.C2H6O2Si/c13-12-9-5-4-8-11(12)10-6-2-1-3-7-10;1-3-5-4-2/h1-9,13H;1-2H3. The summed E-state index contributed by atoms with van der Waals surface area (Å²) in [6, 6.07) is 17.2. The normalized spacial score (nSPS) is 9.44. The molecule has 2 rings (SSSR count). The van der Waals surface area contributed by atoms with Gasteiger partial charge in [0.05, 0.1) is 0 Å². The Morgan fingerprint density at radius 1 is 0.833 bits per heavy atom. The Morgan fingerprint density at radius 2 is 1.39 bits per heavy atom. The Kier molecular flexibility index (Phi) is 6.79. The molecule has 0 aliphatic rings. The van der Waals surface area contributed by atoms with Gasteiger partial charge in [-0.05, 0) is 11.6 Å². The van der Waals surface area contributed by atoms with Gasteiger partial charge in [-0.3, -0.25) is 0 Å². The van der Waals surface area contributed by atoms with Gasteiger partial charge in [-0.25, -0.2) is 0 Å². The summed E-state index contributed by atoms with van der Waals surface area (Å²) in [6.07, 6.45) is 0. The van der Waals surface area contributed by atoms with E-state index in [1.165, 1.54) is 0 Å². The van der Waals surface area contributed by atoms with Gasteiger partial charge < -0.3 is 14.0 Å². The van der Waals surface area contributed by atoms with Crippen LogP contribution < -0.4 is 0 Å². The topological polar surface area (TPSA) is 38.7 Å². The summed E-state index contributed by atoms with van der Waals surface area (Å²) in [4.78, 5) is 0. The number of hydrogen-bond donors (Lipinski definition) is 1. The maximum atomic E-state index is 9.56. The summed E-state index contributed by atoms with van der Waals surface area (Å²) in [5, 5.41) is 9.56. The van der Waals surface area contributed by atoms with E-state index in [1.54, 1.807) is 20.3 Å². The van der Waals surface area contributed by atoms with Crippen molar-refractivity contribution < 1.29 is 14.0 Å². The molecule has 0 saturated heterocycles. The van der Waals surface area contributed by atoms with Gasteiger partial charge in [0.25, 0.3) is 0 Å². The molecule has 2 aromatic carbocycles. The highest BCUT2D eigenvalue weighted by molar-refractivity contribution is 6.17. The smallest absolute Gasteiger partial charge is 0.432 e. The molecular formula is C14H16O3Si. The van der Waals surface area contributed by atoms with Crippen LogP contribution in [-0.4, -0.2) is 29.3 Å². The fourth-order valence-electron chi connectivity index (χ4n) is 1.42. The number of phenols is 1. The van der Waals surface area contributed by atoms with Crippen LogP contribution in [0, 0.1) is 0 Å². The van der Waals surface area contributed by atoms with Crippen molar-refractivity contribution in [1.29, 1.82) is 0 Å². The van der Waals surface area contributed by atoms with E-state index in [2.05, 4.69) is 8.85 Å². The second kappa shape index (κ2) is 8.47. The van der Waals surface area contributed by atoms with Crippen LogP contribution in [0.4, 0.5) is 0 Å². The Morgan fingerprint density at radius 3 is 1.89 bits per heavy atom. The molecule has 0 fully saturated rings. The molecule has 0 aliphatic heterocycles. The number of rotatable bonds is 3. The zero-order valence-corrected chi connectivity index (χ0v) is 11.5. The number of hydrogen-bond acceptors (Lipinski definition) is 3. The first-order valence-electron chi connectivity index (χ1n) is 5.44. The lowest BCUT2D eigenvalue weighted by Crippen LogP contribution is -1.93. The van der Waals surface area contributed by atoms with Gasteiger partial charge in [0, 0.05) is 19.8 Å². The lowest BCUT2D eigenvalue weighted by atomic mass is 10.1. The van der Waals surface area contributed by atoms with Gasteiger partial charge in [0.1, 0.15) is 5.75 Å². The SMILES string of the molecule is CO[Si]OC.Oc1ccccc1-c1ccccc1. The number of aromatic hydroxyl groups is 1. The van der Waals surface area contributed by atoms with E-state index in [4.69, 9.17) is 0 Å². The lowest BCUT2D eigenvalue weighted by molar-refractivity contribution is 0.309. The lowest BCUT2D eigenvalue weighted by Gasteiger charge is -2.02. The van der Waals surface area contributed by atoms with Gasteiger partial charge >= 0.3 is 10.0 Å². The van der Waals surface area contributed by atoms with Gasteiger partial charge in [0.15, 0.2) is 0 Å². The van der Waals surface area contributed by atoms with Crippen LogP contribution in [0.2, 0.25) is 0 Å². The molecule has 2 aromatic rings. The fraction of sp³-hybridized carbons (Fsp3) is 0.143. The van der Waals surface area contributed by atoms with Gasteiger partial charge in [-0.15, -0.1) is 0 Å². The zero-order valence-electron chi connectivity index (χ0n) is 10.5. The first-order chi connectivity index (χ1) is 8.79.